The Bertz CT molecular complexity index is 581. The molecule has 1 aliphatic heterocycles. The maximum Gasteiger partial charge on any atom is 0.327 e. The number of rotatable bonds is 3. The third kappa shape index (κ3) is 3.23. The molecule has 1 aliphatic rings. The molecular weight excluding hydrogens is 361 g/mol. The zero-order chi connectivity index (χ0) is 15.7. The van der Waals surface area contributed by atoms with Gasteiger partial charge in [0.05, 0.1) is 9.85 Å². The lowest BCUT2D eigenvalue weighted by atomic mass is 10.1. The zero-order valence-electron chi connectivity index (χ0n) is 11.5. The first-order valence-corrected chi connectivity index (χ1v) is 8.29. The van der Waals surface area contributed by atoms with Crippen LogP contribution in [-0.2, 0) is 4.79 Å². The van der Waals surface area contributed by atoms with E-state index in [0.717, 1.165) is 6.07 Å². The molecule has 0 radical (unpaired) electrons. The van der Waals surface area contributed by atoms with Crippen LogP contribution in [-0.4, -0.2) is 39.1 Å². The van der Waals surface area contributed by atoms with Crippen LogP contribution in [0.5, 0.6) is 0 Å². The summed E-state index contributed by atoms with van der Waals surface area (Å²) in [5.41, 5.74) is 0.162. The van der Waals surface area contributed by atoms with Gasteiger partial charge in [0, 0.05) is 11.3 Å². The predicted molar refractivity (Wildman–Crippen MR) is 82.8 cm³/mol. The fourth-order valence-corrected chi connectivity index (χ4v) is 3.98. The molecule has 21 heavy (non-hydrogen) atoms. The Kier molecular flexibility index (Phi) is 4.93. The molecule has 1 aromatic rings. The number of carbonyl (C=O) groups excluding carboxylic acids is 1. The second-order valence-electron chi connectivity index (χ2n) is 5.16. The number of nitrogens with zero attached hydrogens (tertiary/aromatic N) is 1. The van der Waals surface area contributed by atoms with Gasteiger partial charge in [-0.2, -0.15) is 0 Å². The molecule has 0 saturated carbocycles. The molecule has 1 aromatic carbocycles. The second-order valence-corrected chi connectivity index (χ2v) is 7.17. The van der Waals surface area contributed by atoms with Gasteiger partial charge in [-0.3, -0.25) is 4.79 Å². The number of amides is 1. The van der Waals surface area contributed by atoms with Crippen LogP contribution in [0.15, 0.2) is 22.7 Å². The van der Waals surface area contributed by atoms with Crippen molar-refractivity contribution in [2.75, 3.05) is 5.75 Å². The molecule has 1 heterocycles. The summed E-state index contributed by atoms with van der Waals surface area (Å²) in [5, 5.41) is 9.07. The van der Waals surface area contributed by atoms with E-state index in [9.17, 15) is 19.1 Å². The van der Waals surface area contributed by atoms with Crippen LogP contribution < -0.4 is 0 Å². The molecule has 0 bridgehead atoms. The molecule has 1 fully saturated rings. The van der Waals surface area contributed by atoms with E-state index >= 15 is 0 Å². The molecule has 114 valence electrons. The quantitative estimate of drug-likeness (QED) is 0.880. The fraction of sp³-hybridized carbons (Fsp3) is 0.429. The van der Waals surface area contributed by atoms with Crippen LogP contribution in [0.3, 0.4) is 0 Å². The Hall–Kier alpha value is -1.08. The number of benzene rings is 1. The van der Waals surface area contributed by atoms with Crippen molar-refractivity contribution >= 4 is 39.6 Å². The van der Waals surface area contributed by atoms with E-state index in [1.165, 1.54) is 28.8 Å². The molecule has 2 rings (SSSR count). The minimum Gasteiger partial charge on any atom is -0.480 e. The highest BCUT2D eigenvalue weighted by Gasteiger charge is 2.43. The first-order valence-electron chi connectivity index (χ1n) is 6.45. The van der Waals surface area contributed by atoms with Crippen molar-refractivity contribution in [3.05, 3.63) is 34.1 Å². The molecule has 4 nitrogen and oxygen atoms in total. The number of carbonyl (C=O) groups is 2. The van der Waals surface area contributed by atoms with Crippen molar-refractivity contribution in [2.45, 2.75) is 25.3 Å². The Labute approximate surface area is 134 Å². The van der Waals surface area contributed by atoms with Crippen LogP contribution in [0.25, 0.3) is 0 Å². The van der Waals surface area contributed by atoms with E-state index in [1.807, 2.05) is 13.8 Å². The van der Waals surface area contributed by atoms with Crippen molar-refractivity contribution in [3.8, 4) is 0 Å². The summed E-state index contributed by atoms with van der Waals surface area (Å²) < 4.78 is 13.9. The van der Waals surface area contributed by atoms with E-state index in [-0.39, 0.29) is 21.3 Å². The third-order valence-corrected chi connectivity index (χ3v) is 5.56. The number of carboxylic acid groups (broad SMARTS) is 1. The van der Waals surface area contributed by atoms with Gasteiger partial charge >= 0.3 is 5.97 Å². The predicted octanol–water partition coefficient (Wildman–Crippen LogP) is 3.21. The Morgan fingerprint density at radius 1 is 1.48 bits per heavy atom. The summed E-state index contributed by atoms with van der Waals surface area (Å²) in [7, 11) is 0. The average molecular weight is 376 g/mol. The number of thioether (sulfide) groups is 1. The topological polar surface area (TPSA) is 57.6 Å². The van der Waals surface area contributed by atoms with Gasteiger partial charge in [0.2, 0.25) is 0 Å². The average Bonchev–Trinajstić information content (AvgIpc) is 2.86. The molecule has 0 aromatic heterocycles. The Morgan fingerprint density at radius 3 is 2.67 bits per heavy atom. The van der Waals surface area contributed by atoms with Crippen molar-refractivity contribution in [3.63, 3.8) is 0 Å². The molecule has 1 saturated heterocycles. The molecule has 2 unspecified atom stereocenters. The van der Waals surface area contributed by atoms with Gasteiger partial charge < -0.3 is 10.0 Å². The number of halogens is 2. The van der Waals surface area contributed by atoms with Gasteiger partial charge in [-0.25, -0.2) is 9.18 Å². The minimum absolute atomic E-state index is 0.114. The van der Waals surface area contributed by atoms with E-state index in [1.54, 1.807) is 0 Å². The molecule has 1 amide bonds. The first-order chi connectivity index (χ1) is 9.82. The Balaban J connectivity index is 2.36. The number of carboxylic acids is 1. The SMILES string of the molecule is CC(C)C1SCC(C(=O)O)N1C(=O)c1ccc(Br)c(F)c1. The zero-order valence-corrected chi connectivity index (χ0v) is 13.9. The van der Waals surface area contributed by atoms with E-state index < -0.39 is 23.7 Å². The smallest absolute Gasteiger partial charge is 0.327 e. The highest BCUT2D eigenvalue weighted by molar-refractivity contribution is 9.10. The summed E-state index contributed by atoms with van der Waals surface area (Å²) in [4.78, 5) is 25.3. The lowest BCUT2D eigenvalue weighted by Crippen LogP contribution is -2.47. The lowest BCUT2D eigenvalue weighted by molar-refractivity contribution is -0.141. The maximum absolute atomic E-state index is 13.6. The van der Waals surface area contributed by atoms with Gasteiger partial charge in [0.15, 0.2) is 0 Å². The minimum atomic E-state index is -1.03. The molecule has 7 heteroatoms. The van der Waals surface area contributed by atoms with Gasteiger partial charge in [0.25, 0.3) is 5.91 Å². The normalized spacial score (nSPS) is 21.9. The van der Waals surface area contributed by atoms with Crippen LogP contribution in [0.2, 0.25) is 0 Å². The van der Waals surface area contributed by atoms with Gasteiger partial charge in [-0.15, -0.1) is 11.8 Å². The van der Waals surface area contributed by atoms with Crippen LogP contribution in [0, 0.1) is 11.7 Å². The Morgan fingerprint density at radius 2 is 2.14 bits per heavy atom. The monoisotopic (exact) mass is 375 g/mol. The van der Waals surface area contributed by atoms with Gasteiger partial charge in [-0.1, -0.05) is 13.8 Å². The summed E-state index contributed by atoms with van der Waals surface area (Å²) in [6.45, 7) is 3.87. The van der Waals surface area contributed by atoms with Crippen LogP contribution in [0.1, 0.15) is 24.2 Å². The molecule has 0 spiro atoms. The van der Waals surface area contributed by atoms with Crippen molar-refractivity contribution in [1.82, 2.24) is 4.90 Å². The van der Waals surface area contributed by atoms with Crippen molar-refractivity contribution in [2.24, 2.45) is 5.92 Å². The highest BCUT2D eigenvalue weighted by atomic mass is 79.9. The van der Waals surface area contributed by atoms with E-state index in [0.29, 0.717) is 5.75 Å². The van der Waals surface area contributed by atoms with Crippen molar-refractivity contribution < 1.29 is 19.1 Å². The van der Waals surface area contributed by atoms with Gasteiger partial charge in [-0.05, 0) is 40.0 Å². The summed E-state index contributed by atoms with van der Waals surface area (Å²) in [6, 6.07) is 3.20. The molecular formula is C14H15BrFNO3S. The standard InChI is InChI=1S/C14H15BrFNO3S/c1-7(2)13-17(11(6-21-13)14(19)20)12(18)8-3-4-9(15)10(16)5-8/h3-5,7,11,13H,6H2,1-2H3,(H,19,20). The molecule has 1 N–H and O–H groups in total. The lowest BCUT2D eigenvalue weighted by Gasteiger charge is -2.29. The van der Waals surface area contributed by atoms with Crippen LogP contribution >= 0.6 is 27.7 Å². The molecule has 0 aliphatic carbocycles. The third-order valence-electron chi connectivity index (χ3n) is 3.29. The van der Waals surface area contributed by atoms with E-state index in [2.05, 4.69) is 15.9 Å². The molecule has 2 atom stereocenters. The highest BCUT2D eigenvalue weighted by Crippen LogP contribution is 2.35. The van der Waals surface area contributed by atoms with Gasteiger partial charge in [0.1, 0.15) is 11.9 Å². The largest absolute Gasteiger partial charge is 0.480 e. The maximum atomic E-state index is 13.6. The number of hydrogen-bond donors (Lipinski definition) is 1. The second kappa shape index (κ2) is 6.36. The summed E-state index contributed by atoms with van der Waals surface area (Å²) in [6.07, 6.45) is 0. The van der Waals surface area contributed by atoms with Crippen molar-refractivity contribution in [1.29, 1.82) is 0 Å². The van der Waals surface area contributed by atoms with Crippen LogP contribution in [0.4, 0.5) is 4.39 Å². The number of aliphatic carboxylic acids is 1. The first kappa shape index (κ1) is 16.3. The summed E-state index contributed by atoms with van der Waals surface area (Å²) in [5.74, 6) is -1.55. The number of hydrogen-bond acceptors (Lipinski definition) is 3. The van der Waals surface area contributed by atoms with E-state index in [4.69, 9.17) is 0 Å². The fourth-order valence-electron chi connectivity index (χ4n) is 2.27. The summed E-state index contributed by atoms with van der Waals surface area (Å²) >= 11 is 4.48.